The Morgan fingerprint density at radius 1 is 1.25 bits per heavy atom. The maximum Gasteiger partial charge on any atom is 0.336 e. The van der Waals surface area contributed by atoms with Crippen molar-refractivity contribution in [1.29, 1.82) is 0 Å². The first-order valence-corrected chi connectivity index (χ1v) is 5.78. The van der Waals surface area contributed by atoms with Crippen molar-refractivity contribution in [1.82, 2.24) is 0 Å². The van der Waals surface area contributed by atoms with Gasteiger partial charge in [-0.05, 0) is 19.6 Å². The molecule has 4 heteroatoms. The Labute approximate surface area is 48.8 Å². The maximum atomic E-state index is 11.3. The lowest BCUT2D eigenvalue weighted by atomic mass is 11.5. The lowest BCUT2D eigenvalue weighted by Gasteiger charge is -2.15. The Bertz CT molecular complexity index is 68.9. The van der Waals surface area contributed by atoms with Crippen LogP contribution in [-0.2, 0) is 4.43 Å². The highest BCUT2D eigenvalue weighted by atomic mass is 28.4. The van der Waals surface area contributed by atoms with Crippen LogP contribution in [0.5, 0.6) is 0 Å². The number of rotatable bonds is 2. The van der Waals surface area contributed by atoms with Crippen molar-refractivity contribution in [2.75, 3.05) is 0 Å². The topological polar surface area (TPSA) is 9.23 Å². The monoisotopic (exact) mass is 140 g/mol. The van der Waals surface area contributed by atoms with E-state index >= 15 is 0 Å². The lowest BCUT2D eigenvalue weighted by molar-refractivity contribution is -0.0565. The molecule has 0 spiro atoms. The minimum absolute atomic E-state index is 1.72. The molecule has 0 aromatic rings. The molecule has 0 aromatic carbocycles. The second-order valence-corrected chi connectivity index (χ2v) is 6.95. The summed E-state index contributed by atoms with van der Waals surface area (Å²) in [5, 5.41) is 0. The van der Waals surface area contributed by atoms with E-state index < -0.39 is 14.9 Å². The first-order chi connectivity index (χ1) is 3.42. The molecule has 0 fully saturated rings. The third kappa shape index (κ3) is 6.04. The third-order valence-electron chi connectivity index (χ3n) is 0.443. The van der Waals surface area contributed by atoms with Gasteiger partial charge in [0.05, 0.1) is 0 Å². The first kappa shape index (κ1) is 8.04. The molecule has 0 aliphatic carbocycles. The van der Waals surface area contributed by atoms with Gasteiger partial charge in [0, 0.05) is 0 Å². The lowest BCUT2D eigenvalue weighted by Crippen LogP contribution is -2.27. The van der Waals surface area contributed by atoms with Crippen LogP contribution in [0, 0.1) is 0 Å². The Kier molecular flexibility index (Phi) is 2.56. The van der Waals surface area contributed by atoms with Gasteiger partial charge in [0.25, 0.3) is 0 Å². The Morgan fingerprint density at radius 3 is 1.62 bits per heavy atom. The first-order valence-electron chi connectivity index (χ1n) is 2.38. The van der Waals surface area contributed by atoms with Gasteiger partial charge in [0.1, 0.15) is 0 Å². The second kappa shape index (κ2) is 2.55. The van der Waals surface area contributed by atoms with Crippen LogP contribution in [0.25, 0.3) is 0 Å². The zero-order valence-corrected chi connectivity index (χ0v) is 6.24. The van der Waals surface area contributed by atoms with Gasteiger partial charge in [-0.3, -0.25) is 0 Å². The minimum Gasteiger partial charge on any atom is -0.365 e. The highest BCUT2D eigenvalue weighted by Crippen LogP contribution is 2.07. The molecule has 0 atom stereocenters. The molecule has 0 heterocycles. The molecule has 1 nitrogen and oxygen atoms in total. The van der Waals surface area contributed by atoms with Gasteiger partial charge >= 0.3 is 6.61 Å². The summed E-state index contributed by atoms with van der Waals surface area (Å²) in [5.41, 5.74) is 0. The van der Waals surface area contributed by atoms with E-state index in [-0.39, 0.29) is 0 Å². The van der Waals surface area contributed by atoms with Gasteiger partial charge in [0.2, 0.25) is 0 Å². The van der Waals surface area contributed by atoms with Gasteiger partial charge in [-0.15, -0.1) is 0 Å². The molecule has 8 heavy (non-hydrogen) atoms. The molecule has 50 valence electrons. The van der Waals surface area contributed by atoms with Crippen molar-refractivity contribution >= 4 is 8.32 Å². The maximum absolute atomic E-state index is 11.3. The van der Waals surface area contributed by atoms with Crippen molar-refractivity contribution in [2.45, 2.75) is 26.3 Å². The Balaban J connectivity index is 3.39. The highest BCUT2D eigenvalue weighted by Gasteiger charge is 2.19. The van der Waals surface area contributed by atoms with Crippen LogP contribution in [0.2, 0.25) is 19.6 Å². The van der Waals surface area contributed by atoms with Gasteiger partial charge in [-0.1, -0.05) is 0 Å². The van der Waals surface area contributed by atoms with Crippen molar-refractivity contribution in [2.24, 2.45) is 0 Å². The van der Waals surface area contributed by atoms with E-state index in [1.807, 2.05) is 0 Å². The predicted octanol–water partition coefficient (Wildman–Crippen LogP) is 2.06. The molecule has 0 radical (unpaired) electrons. The molecule has 0 unspecified atom stereocenters. The van der Waals surface area contributed by atoms with Gasteiger partial charge in [-0.25, -0.2) is 0 Å². The summed E-state index contributed by atoms with van der Waals surface area (Å²) >= 11 is 0. The zero-order chi connectivity index (χ0) is 6.78. The van der Waals surface area contributed by atoms with Crippen LogP contribution in [0.1, 0.15) is 0 Å². The molecular weight excluding hydrogens is 130 g/mol. The van der Waals surface area contributed by atoms with Gasteiger partial charge in [-0.2, -0.15) is 8.78 Å². The van der Waals surface area contributed by atoms with Crippen LogP contribution < -0.4 is 0 Å². The van der Waals surface area contributed by atoms with Crippen molar-refractivity contribution in [3.8, 4) is 0 Å². The Hall–Kier alpha value is 0.0369. The average Bonchev–Trinajstić information content (AvgIpc) is 1.21. The van der Waals surface area contributed by atoms with E-state index in [1.165, 1.54) is 0 Å². The molecule has 0 saturated carbocycles. The highest BCUT2D eigenvalue weighted by molar-refractivity contribution is 6.69. The van der Waals surface area contributed by atoms with Gasteiger partial charge < -0.3 is 4.43 Å². The van der Waals surface area contributed by atoms with Crippen LogP contribution in [0.4, 0.5) is 8.78 Å². The average molecular weight is 140 g/mol. The van der Waals surface area contributed by atoms with Crippen molar-refractivity contribution in [3.05, 3.63) is 0 Å². The Morgan fingerprint density at radius 2 is 1.62 bits per heavy atom. The van der Waals surface area contributed by atoms with Crippen LogP contribution in [0.15, 0.2) is 0 Å². The normalized spacial score (nSPS) is 12.8. The summed E-state index contributed by atoms with van der Waals surface area (Å²) in [5.74, 6) is 0. The molecule has 0 N–H and O–H groups in total. The fourth-order valence-corrected chi connectivity index (χ4v) is 0.802. The van der Waals surface area contributed by atoms with E-state index in [0.717, 1.165) is 0 Å². The largest absolute Gasteiger partial charge is 0.365 e. The number of hydrogen-bond acceptors (Lipinski definition) is 1. The summed E-state index contributed by atoms with van der Waals surface area (Å²) in [6, 6.07) is 0. The summed E-state index contributed by atoms with van der Waals surface area (Å²) in [6.07, 6.45) is 0. The van der Waals surface area contributed by atoms with Crippen LogP contribution in [0.3, 0.4) is 0 Å². The molecule has 0 aromatic heterocycles. The zero-order valence-electron chi connectivity index (χ0n) is 5.24. The number of hydrogen-bond donors (Lipinski definition) is 0. The molecule has 0 saturated heterocycles. The van der Waals surface area contributed by atoms with Crippen LogP contribution in [-0.4, -0.2) is 14.9 Å². The molecule has 0 amide bonds. The standard InChI is InChI=1S/C4H10F2OSi/c1-8(2,3)7-4(5)6/h4H,1-3H3. The SMILES string of the molecule is C[Si](C)(C)OC(F)F. The minimum atomic E-state index is -2.60. The molecule has 0 rings (SSSR count). The van der Waals surface area contributed by atoms with Crippen molar-refractivity contribution < 1.29 is 13.2 Å². The van der Waals surface area contributed by atoms with E-state index in [9.17, 15) is 8.78 Å². The van der Waals surface area contributed by atoms with Gasteiger partial charge in [0.15, 0.2) is 8.32 Å². The van der Waals surface area contributed by atoms with E-state index in [4.69, 9.17) is 0 Å². The molecule has 0 bridgehead atoms. The van der Waals surface area contributed by atoms with Crippen LogP contribution >= 0.6 is 0 Å². The van der Waals surface area contributed by atoms with E-state index in [0.29, 0.717) is 0 Å². The fourth-order valence-electron chi connectivity index (χ4n) is 0.267. The molecule has 0 aliphatic rings. The smallest absolute Gasteiger partial charge is 0.336 e. The summed E-state index contributed by atoms with van der Waals surface area (Å²) in [6.45, 7) is 2.57. The molecule has 0 aliphatic heterocycles. The van der Waals surface area contributed by atoms with Crippen molar-refractivity contribution in [3.63, 3.8) is 0 Å². The summed E-state index contributed by atoms with van der Waals surface area (Å²) in [4.78, 5) is 0. The van der Waals surface area contributed by atoms with E-state index in [2.05, 4.69) is 4.43 Å². The molecular formula is C4H10F2OSi. The second-order valence-electron chi connectivity index (χ2n) is 2.49. The summed E-state index contributed by atoms with van der Waals surface area (Å²) in [7, 11) is -1.97. The summed E-state index contributed by atoms with van der Waals surface area (Å²) < 4.78 is 26.9. The number of alkyl halides is 2. The predicted molar refractivity (Wildman–Crippen MR) is 30.4 cm³/mol. The number of halogens is 2. The fraction of sp³-hybridized carbons (Fsp3) is 1.00. The van der Waals surface area contributed by atoms with E-state index in [1.54, 1.807) is 19.6 Å². The quantitative estimate of drug-likeness (QED) is 0.533. The third-order valence-corrected chi connectivity index (χ3v) is 1.33.